The summed E-state index contributed by atoms with van der Waals surface area (Å²) in [6.07, 6.45) is 0. The number of nitrogens with zero attached hydrogens (tertiary/aromatic N) is 2. The zero-order valence-corrected chi connectivity index (χ0v) is 26.5. The van der Waals surface area contributed by atoms with Crippen LogP contribution in [0.1, 0.15) is 25.0 Å². The van der Waals surface area contributed by atoms with Gasteiger partial charge in [0.25, 0.3) is 0 Å². The lowest BCUT2D eigenvalue weighted by Crippen LogP contribution is -2.14. The highest BCUT2D eigenvalue weighted by Crippen LogP contribution is 2.53. The fourth-order valence-electron chi connectivity index (χ4n) is 7.08. The Morgan fingerprint density at radius 1 is 0.478 bits per heavy atom. The summed E-state index contributed by atoms with van der Waals surface area (Å²) in [6.45, 7) is 4.71. The molecule has 1 aliphatic rings. The van der Waals surface area contributed by atoms with Gasteiger partial charge in [-0.15, -0.1) is 11.3 Å². The standard InChI is InChI=1S/C43H30N2S/c1-43(2)35-17-10-16-33(41(35)34-23-30-13-6-7-14-31(30)24-36(34)43)27-19-21-28(22-20-27)37-26-38(40-25-32-15-8-9-18-39(32)46-40)45-42(44-37)29-11-4-3-5-12-29/h3-26H,1-2H3. The van der Waals surface area contributed by atoms with Gasteiger partial charge in [-0.3, -0.25) is 0 Å². The molecule has 1 aliphatic carbocycles. The van der Waals surface area contributed by atoms with Gasteiger partial charge in [-0.1, -0.05) is 129 Å². The third-order valence-electron chi connectivity index (χ3n) is 9.49. The number of thiophene rings is 1. The lowest BCUT2D eigenvalue weighted by atomic mass is 9.81. The van der Waals surface area contributed by atoms with Crippen molar-refractivity contribution in [2.75, 3.05) is 0 Å². The van der Waals surface area contributed by atoms with Gasteiger partial charge in [-0.25, -0.2) is 9.97 Å². The van der Waals surface area contributed by atoms with Crippen molar-refractivity contribution in [1.82, 2.24) is 9.97 Å². The Bertz CT molecular complexity index is 2400. The van der Waals surface area contributed by atoms with E-state index in [0.29, 0.717) is 0 Å². The molecule has 2 heterocycles. The van der Waals surface area contributed by atoms with Crippen LogP contribution in [0.4, 0.5) is 0 Å². The molecule has 0 unspecified atom stereocenters. The van der Waals surface area contributed by atoms with Gasteiger partial charge in [0.15, 0.2) is 5.82 Å². The molecule has 0 fully saturated rings. The summed E-state index contributed by atoms with van der Waals surface area (Å²) in [5.74, 6) is 0.738. The molecule has 2 aromatic heterocycles. The Balaban J connectivity index is 1.16. The van der Waals surface area contributed by atoms with Crippen molar-refractivity contribution >= 4 is 32.2 Å². The summed E-state index contributed by atoms with van der Waals surface area (Å²) in [5, 5.41) is 3.81. The largest absolute Gasteiger partial charge is 0.228 e. The van der Waals surface area contributed by atoms with Gasteiger partial charge in [0, 0.05) is 21.2 Å². The maximum atomic E-state index is 5.08. The summed E-state index contributed by atoms with van der Waals surface area (Å²) in [7, 11) is 0. The van der Waals surface area contributed by atoms with Crippen LogP contribution in [-0.2, 0) is 5.41 Å². The first-order valence-corrected chi connectivity index (χ1v) is 16.6. The van der Waals surface area contributed by atoms with Crippen molar-refractivity contribution in [2.45, 2.75) is 19.3 Å². The van der Waals surface area contributed by atoms with Crippen molar-refractivity contribution < 1.29 is 0 Å². The van der Waals surface area contributed by atoms with Crippen molar-refractivity contribution in [2.24, 2.45) is 0 Å². The second-order valence-electron chi connectivity index (χ2n) is 12.7. The Morgan fingerprint density at radius 2 is 1.15 bits per heavy atom. The summed E-state index contributed by atoms with van der Waals surface area (Å²) >= 11 is 1.77. The lowest BCUT2D eigenvalue weighted by Gasteiger charge is -2.22. The van der Waals surface area contributed by atoms with Crippen LogP contribution in [-0.4, -0.2) is 9.97 Å². The third-order valence-corrected chi connectivity index (χ3v) is 10.6. The third kappa shape index (κ3) is 4.31. The predicted octanol–water partition coefficient (Wildman–Crippen LogP) is 11.8. The average molecular weight is 607 g/mol. The SMILES string of the molecule is CC1(C)c2cc3ccccc3cc2-c2c(-c3ccc(-c4cc(-c5cc6ccccc6s5)nc(-c5ccccc5)n4)cc3)cccc21. The molecule has 6 aromatic carbocycles. The molecule has 8 aromatic rings. The van der Waals surface area contributed by atoms with Gasteiger partial charge < -0.3 is 0 Å². The number of hydrogen-bond donors (Lipinski definition) is 0. The fourth-order valence-corrected chi connectivity index (χ4v) is 8.10. The van der Waals surface area contributed by atoms with Crippen LogP contribution in [0.2, 0.25) is 0 Å². The molecule has 0 amide bonds. The molecule has 0 atom stereocenters. The highest BCUT2D eigenvalue weighted by atomic mass is 32.1. The van der Waals surface area contributed by atoms with Gasteiger partial charge >= 0.3 is 0 Å². The van der Waals surface area contributed by atoms with E-state index in [4.69, 9.17) is 9.97 Å². The van der Waals surface area contributed by atoms with Crippen LogP contribution in [0.5, 0.6) is 0 Å². The highest BCUT2D eigenvalue weighted by molar-refractivity contribution is 7.22. The second-order valence-corrected chi connectivity index (χ2v) is 13.7. The molecule has 0 saturated carbocycles. The van der Waals surface area contributed by atoms with Gasteiger partial charge in [-0.2, -0.15) is 0 Å². The highest BCUT2D eigenvalue weighted by Gasteiger charge is 2.37. The van der Waals surface area contributed by atoms with Gasteiger partial charge in [0.1, 0.15) is 0 Å². The Labute approximate surface area is 272 Å². The molecule has 0 saturated heterocycles. The molecule has 0 aliphatic heterocycles. The first-order chi connectivity index (χ1) is 22.5. The maximum Gasteiger partial charge on any atom is 0.160 e. The first kappa shape index (κ1) is 27.0. The number of aromatic nitrogens is 2. The summed E-state index contributed by atoms with van der Waals surface area (Å²) in [6, 6.07) is 52.3. The van der Waals surface area contributed by atoms with E-state index >= 15 is 0 Å². The minimum atomic E-state index is -0.0670. The van der Waals surface area contributed by atoms with Gasteiger partial charge in [0.05, 0.1) is 16.3 Å². The lowest BCUT2D eigenvalue weighted by molar-refractivity contribution is 0.661. The number of fused-ring (bicyclic) bond motifs is 5. The summed E-state index contributed by atoms with van der Waals surface area (Å²) < 4.78 is 1.26. The van der Waals surface area contributed by atoms with E-state index in [1.165, 1.54) is 54.2 Å². The molecule has 218 valence electrons. The number of benzene rings is 6. The molecule has 0 spiro atoms. The quantitative estimate of drug-likeness (QED) is 0.199. The molecule has 46 heavy (non-hydrogen) atoms. The van der Waals surface area contributed by atoms with Gasteiger partial charge in [-0.05, 0) is 79.9 Å². The van der Waals surface area contributed by atoms with Gasteiger partial charge in [0.2, 0.25) is 0 Å². The molecule has 3 heteroatoms. The minimum absolute atomic E-state index is 0.0670. The van der Waals surface area contributed by atoms with E-state index in [9.17, 15) is 0 Å². The normalized spacial score (nSPS) is 13.2. The van der Waals surface area contributed by atoms with Crippen molar-refractivity contribution in [3.8, 4) is 55.5 Å². The zero-order chi connectivity index (χ0) is 30.8. The van der Waals surface area contributed by atoms with E-state index < -0.39 is 0 Å². The van der Waals surface area contributed by atoms with E-state index in [2.05, 4.69) is 141 Å². The average Bonchev–Trinajstić information content (AvgIpc) is 3.64. The molecule has 0 N–H and O–H groups in total. The smallest absolute Gasteiger partial charge is 0.160 e. The van der Waals surface area contributed by atoms with Crippen LogP contribution in [0, 0.1) is 0 Å². The molecule has 0 bridgehead atoms. The fraction of sp³-hybridized carbons (Fsp3) is 0.0698. The van der Waals surface area contributed by atoms with E-state index in [-0.39, 0.29) is 5.41 Å². The zero-order valence-electron chi connectivity index (χ0n) is 25.7. The van der Waals surface area contributed by atoms with Crippen molar-refractivity contribution in [3.63, 3.8) is 0 Å². The number of hydrogen-bond acceptors (Lipinski definition) is 3. The van der Waals surface area contributed by atoms with Crippen LogP contribution in [0.25, 0.3) is 76.3 Å². The van der Waals surface area contributed by atoms with E-state index in [1.807, 2.05) is 18.2 Å². The van der Waals surface area contributed by atoms with Crippen LogP contribution in [0.15, 0.2) is 146 Å². The molecular formula is C43H30N2S. The topological polar surface area (TPSA) is 25.8 Å². The minimum Gasteiger partial charge on any atom is -0.228 e. The second kappa shape index (κ2) is 10.3. The molecule has 2 nitrogen and oxygen atoms in total. The molecular weight excluding hydrogens is 577 g/mol. The monoisotopic (exact) mass is 606 g/mol. The van der Waals surface area contributed by atoms with E-state index in [1.54, 1.807) is 11.3 Å². The first-order valence-electron chi connectivity index (χ1n) is 15.7. The van der Waals surface area contributed by atoms with Crippen LogP contribution in [0.3, 0.4) is 0 Å². The van der Waals surface area contributed by atoms with Crippen LogP contribution >= 0.6 is 11.3 Å². The maximum absolute atomic E-state index is 5.08. The summed E-state index contributed by atoms with van der Waals surface area (Å²) in [4.78, 5) is 11.3. The number of rotatable bonds is 4. The Kier molecular flexibility index (Phi) is 6.06. The summed E-state index contributed by atoms with van der Waals surface area (Å²) in [5.41, 5.74) is 11.8. The Morgan fingerprint density at radius 3 is 1.93 bits per heavy atom. The van der Waals surface area contributed by atoms with E-state index in [0.717, 1.165) is 33.2 Å². The Hall–Kier alpha value is -5.38. The molecule has 9 rings (SSSR count). The predicted molar refractivity (Wildman–Crippen MR) is 194 cm³/mol. The molecule has 0 radical (unpaired) electrons. The van der Waals surface area contributed by atoms with Crippen LogP contribution < -0.4 is 0 Å². The van der Waals surface area contributed by atoms with Crippen molar-refractivity contribution in [3.05, 3.63) is 157 Å². The van der Waals surface area contributed by atoms with Crippen molar-refractivity contribution in [1.29, 1.82) is 0 Å².